The fourth-order valence-corrected chi connectivity index (χ4v) is 1.25. The molecule has 68 valence electrons. The first-order valence-electron chi connectivity index (χ1n) is 4.11. The molecule has 1 heterocycles. The van der Waals surface area contributed by atoms with Gasteiger partial charge in [-0.1, -0.05) is 6.92 Å². The fraction of sp³-hybridized carbons (Fsp3) is 0.714. The molecule has 5 heteroatoms. The number of nitrogens with two attached hydrogens (primary N) is 1. The highest BCUT2D eigenvalue weighted by Gasteiger charge is 2.09. The maximum atomic E-state index is 11.1. The van der Waals surface area contributed by atoms with Crippen LogP contribution in [0.5, 0.6) is 0 Å². The summed E-state index contributed by atoms with van der Waals surface area (Å²) in [5, 5.41) is 6.02. The van der Waals surface area contributed by atoms with Crippen LogP contribution in [0.4, 0.5) is 0 Å². The zero-order chi connectivity index (χ0) is 8.97. The summed E-state index contributed by atoms with van der Waals surface area (Å²) in [4.78, 5) is 11.1. The van der Waals surface area contributed by atoms with Crippen LogP contribution >= 0.6 is 0 Å². The normalized spacial score (nSPS) is 13.2. The number of aromatic amines is 1. The molecule has 0 aliphatic heterocycles. The molecule has 12 heavy (non-hydrogen) atoms. The standard InChI is InChI=1S/C7H14N4O/c1-2-6(3-4-8)11-5-9-10-7(11)12/h5-6H,2-4,8H2,1H3,(H,10,12). The zero-order valence-electron chi connectivity index (χ0n) is 7.16. The lowest BCUT2D eigenvalue weighted by atomic mass is 10.1. The lowest BCUT2D eigenvalue weighted by Gasteiger charge is -2.12. The highest BCUT2D eigenvalue weighted by atomic mass is 16.1. The van der Waals surface area contributed by atoms with E-state index < -0.39 is 0 Å². The predicted octanol–water partition coefficient (Wildman–Crippen LogP) is -0.129. The smallest absolute Gasteiger partial charge is 0.330 e. The Morgan fingerprint density at radius 1 is 1.83 bits per heavy atom. The van der Waals surface area contributed by atoms with E-state index in [1.165, 1.54) is 6.33 Å². The highest BCUT2D eigenvalue weighted by Crippen LogP contribution is 2.10. The molecule has 1 rings (SSSR count). The van der Waals surface area contributed by atoms with E-state index in [1.54, 1.807) is 4.57 Å². The average Bonchev–Trinajstić information content (AvgIpc) is 2.47. The van der Waals surface area contributed by atoms with Crippen molar-refractivity contribution in [3.05, 3.63) is 16.8 Å². The average molecular weight is 170 g/mol. The van der Waals surface area contributed by atoms with Crippen LogP contribution in [0.2, 0.25) is 0 Å². The third kappa shape index (κ3) is 1.73. The molecule has 1 aromatic heterocycles. The van der Waals surface area contributed by atoms with Gasteiger partial charge in [0.15, 0.2) is 0 Å². The lowest BCUT2D eigenvalue weighted by Crippen LogP contribution is -2.23. The molecule has 1 unspecified atom stereocenters. The predicted molar refractivity (Wildman–Crippen MR) is 45.8 cm³/mol. The molecule has 0 spiro atoms. The van der Waals surface area contributed by atoms with Crippen LogP contribution < -0.4 is 11.4 Å². The molecule has 3 N–H and O–H groups in total. The van der Waals surface area contributed by atoms with Gasteiger partial charge in [0.2, 0.25) is 0 Å². The van der Waals surface area contributed by atoms with Crippen molar-refractivity contribution in [1.29, 1.82) is 0 Å². The SMILES string of the molecule is CCC(CCN)n1cn[nH]c1=O. The van der Waals surface area contributed by atoms with Crippen molar-refractivity contribution >= 4 is 0 Å². The Morgan fingerprint density at radius 3 is 3.00 bits per heavy atom. The minimum absolute atomic E-state index is 0.157. The van der Waals surface area contributed by atoms with E-state index >= 15 is 0 Å². The first kappa shape index (κ1) is 8.99. The summed E-state index contributed by atoms with van der Waals surface area (Å²) in [6.07, 6.45) is 3.23. The summed E-state index contributed by atoms with van der Waals surface area (Å²) in [7, 11) is 0. The first-order valence-corrected chi connectivity index (χ1v) is 4.11. The van der Waals surface area contributed by atoms with Crippen LogP contribution in [0.15, 0.2) is 11.1 Å². The Kier molecular flexibility index (Phi) is 3.04. The minimum atomic E-state index is -0.157. The summed E-state index contributed by atoms with van der Waals surface area (Å²) >= 11 is 0. The van der Waals surface area contributed by atoms with Crippen molar-refractivity contribution in [3.63, 3.8) is 0 Å². The second-order valence-corrected chi connectivity index (χ2v) is 2.71. The summed E-state index contributed by atoms with van der Waals surface area (Å²) in [5.74, 6) is 0. The van der Waals surface area contributed by atoms with E-state index in [9.17, 15) is 4.79 Å². The van der Waals surface area contributed by atoms with E-state index in [-0.39, 0.29) is 11.7 Å². The molecule has 0 bridgehead atoms. The summed E-state index contributed by atoms with van der Waals surface area (Å²) in [6, 6.07) is 0.182. The van der Waals surface area contributed by atoms with Gasteiger partial charge in [-0.25, -0.2) is 9.89 Å². The topological polar surface area (TPSA) is 76.7 Å². The molecule has 0 aliphatic rings. The number of hydrogen-bond donors (Lipinski definition) is 2. The Morgan fingerprint density at radius 2 is 2.58 bits per heavy atom. The van der Waals surface area contributed by atoms with E-state index in [2.05, 4.69) is 10.2 Å². The Bertz CT molecular complexity index is 277. The number of rotatable bonds is 4. The molecular weight excluding hydrogens is 156 g/mol. The molecule has 0 saturated carbocycles. The molecular formula is C7H14N4O. The molecule has 1 atom stereocenters. The molecule has 0 fully saturated rings. The van der Waals surface area contributed by atoms with Crippen LogP contribution in [0.1, 0.15) is 25.8 Å². The molecule has 0 saturated heterocycles. The maximum Gasteiger partial charge on any atom is 0.343 e. The highest BCUT2D eigenvalue weighted by molar-refractivity contribution is 4.72. The largest absolute Gasteiger partial charge is 0.343 e. The molecule has 5 nitrogen and oxygen atoms in total. The van der Waals surface area contributed by atoms with Gasteiger partial charge in [-0.3, -0.25) is 4.57 Å². The van der Waals surface area contributed by atoms with E-state index in [0.29, 0.717) is 6.54 Å². The summed E-state index contributed by atoms with van der Waals surface area (Å²) in [6.45, 7) is 2.62. The van der Waals surface area contributed by atoms with E-state index in [0.717, 1.165) is 12.8 Å². The molecule has 0 radical (unpaired) electrons. The third-order valence-corrected chi connectivity index (χ3v) is 1.94. The Labute approximate surface area is 70.6 Å². The first-order chi connectivity index (χ1) is 5.79. The van der Waals surface area contributed by atoms with Crippen LogP contribution in [0.25, 0.3) is 0 Å². The van der Waals surface area contributed by atoms with Crippen molar-refractivity contribution in [1.82, 2.24) is 14.8 Å². The van der Waals surface area contributed by atoms with Crippen LogP contribution in [0, 0.1) is 0 Å². The van der Waals surface area contributed by atoms with Crippen molar-refractivity contribution in [2.45, 2.75) is 25.8 Å². The zero-order valence-corrected chi connectivity index (χ0v) is 7.16. The van der Waals surface area contributed by atoms with Gasteiger partial charge in [0.1, 0.15) is 6.33 Å². The molecule has 0 aliphatic carbocycles. The van der Waals surface area contributed by atoms with Crippen LogP contribution in [0.3, 0.4) is 0 Å². The van der Waals surface area contributed by atoms with Crippen LogP contribution in [-0.2, 0) is 0 Å². The molecule has 1 aromatic rings. The van der Waals surface area contributed by atoms with Gasteiger partial charge in [0.25, 0.3) is 0 Å². The van der Waals surface area contributed by atoms with Crippen molar-refractivity contribution in [2.75, 3.05) is 6.54 Å². The third-order valence-electron chi connectivity index (χ3n) is 1.94. The molecule has 0 aromatic carbocycles. The monoisotopic (exact) mass is 170 g/mol. The van der Waals surface area contributed by atoms with Crippen molar-refractivity contribution in [3.8, 4) is 0 Å². The number of hydrogen-bond acceptors (Lipinski definition) is 3. The lowest BCUT2D eigenvalue weighted by molar-refractivity contribution is 0.447. The number of nitrogens with zero attached hydrogens (tertiary/aromatic N) is 2. The van der Waals surface area contributed by atoms with Crippen LogP contribution in [-0.4, -0.2) is 21.3 Å². The second-order valence-electron chi connectivity index (χ2n) is 2.71. The number of H-pyrrole nitrogens is 1. The Balaban J connectivity index is 2.79. The Hall–Kier alpha value is -1.10. The van der Waals surface area contributed by atoms with Gasteiger partial charge in [0.05, 0.1) is 0 Å². The summed E-state index contributed by atoms with van der Waals surface area (Å²) < 4.78 is 1.59. The second kappa shape index (κ2) is 4.06. The molecule has 0 amide bonds. The van der Waals surface area contributed by atoms with Gasteiger partial charge in [-0.2, -0.15) is 5.10 Å². The summed E-state index contributed by atoms with van der Waals surface area (Å²) in [5.41, 5.74) is 5.26. The van der Waals surface area contributed by atoms with Gasteiger partial charge in [-0.15, -0.1) is 0 Å². The number of nitrogens with one attached hydrogen (secondary N) is 1. The van der Waals surface area contributed by atoms with E-state index in [1.807, 2.05) is 6.92 Å². The van der Waals surface area contributed by atoms with Crippen molar-refractivity contribution < 1.29 is 0 Å². The number of aromatic nitrogens is 3. The van der Waals surface area contributed by atoms with Gasteiger partial charge >= 0.3 is 5.69 Å². The van der Waals surface area contributed by atoms with Crippen molar-refractivity contribution in [2.24, 2.45) is 5.73 Å². The fourth-order valence-electron chi connectivity index (χ4n) is 1.25. The quantitative estimate of drug-likeness (QED) is 0.661. The van der Waals surface area contributed by atoms with Gasteiger partial charge in [0, 0.05) is 6.04 Å². The van der Waals surface area contributed by atoms with E-state index in [4.69, 9.17) is 5.73 Å². The minimum Gasteiger partial charge on any atom is -0.330 e. The van der Waals surface area contributed by atoms with Gasteiger partial charge in [-0.05, 0) is 19.4 Å². The maximum absolute atomic E-state index is 11.1. The van der Waals surface area contributed by atoms with Gasteiger partial charge < -0.3 is 5.73 Å².